The minimum atomic E-state index is -0.221. The maximum atomic E-state index is 11.7. The first-order chi connectivity index (χ1) is 8.74. The molecule has 0 aliphatic carbocycles. The van der Waals surface area contributed by atoms with Gasteiger partial charge in [-0.3, -0.25) is 9.78 Å². The van der Waals surface area contributed by atoms with E-state index in [2.05, 4.69) is 15.0 Å². The molecule has 0 aliphatic rings. The van der Waals surface area contributed by atoms with Crippen molar-refractivity contribution in [2.75, 3.05) is 0 Å². The van der Waals surface area contributed by atoms with Gasteiger partial charge in [0, 0.05) is 5.56 Å². The molecule has 2 N–H and O–H groups in total. The zero-order valence-electron chi connectivity index (χ0n) is 9.31. The van der Waals surface area contributed by atoms with E-state index in [1.54, 1.807) is 6.07 Å². The maximum Gasteiger partial charge on any atom is 0.261 e. The number of nitrogens with one attached hydrogen (secondary N) is 2. The average Bonchev–Trinajstić information content (AvgIpc) is 2.39. The molecule has 0 fully saturated rings. The van der Waals surface area contributed by atoms with Crippen LogP contribution < -0.4 is 5.56 Å². The number of H-pyrrole nitrogens is 2. The molecule has 0 saturated heterocycles. The van der Waals surface area contributed by atoms with Gasteiger partial charge in [0.25, 0.3) is 5.56 Å². The van der Waals surface area contributed by atoms with Gasteiger partial charge in [0.05, 0.1) is 11.1 Å². The molecule has 5 heteroatoms. The van der Waals surface area contributed by atoms with Crippen LogP contribution in [0.15, 0.2) is 47.3 Å². The van der Waals surface area contributed by atoms with Crippen LogP contribution in [0.3, 0.4) is 0 Å². The Hall–Kier alpha value is -2.27. The van der Waals surface area contributed by atoms with E-state index < -0.39 is 0 Å². The minimum Gasteiger partial charge on any atom is -0.316 e. The smallest absolute Gasteiger partial charge is 0.261 e. The molecule has 0 saturated carbocycles. The first-order valence-electron chi connectivity index (χ1n) is 5.43. The summed E-state index contributed by atoms with van der Waals surface area (Å²) < 4.78 is 0.283. The Labute approximate surface area is 107 Å². The van der Waals surface area contributed by atoms with Gasteiger partial charge in [-0.05, 0) is 24.4 Å². The second-order valence-electron chi connectivity index (χ2n) is 3.87. The monoisotopic (exact) mass is 255 g/mol. The van der Waals surface area contributed by atoms with Crippen molar-refractivity contribution in [3.63, 3.8) is 0 Å². The third kappa shape index (κ3) is 1.84. The SMILES string of the molecule is O=c1[nH]c(=S)[nH]c2nc(-c3ccccc3)ccc12. The van der Waals surface area contributed by atoms with Crippen LogP contribution in [0, 0.1) is 4.77 Å². The number of hydrogen-bond donors (Lipinski definition) is 2. The molecule has 0 amide bonds. The van der Waals surface area contributed by atoms with Gasteiger partial charge in [0.2, 0.25) is 0 Å². The van der Waals surface area contributed by atoms with E-state index in [-0.39, 0.29) is 10.3 Å². The van der Waals surface area contributed by atoms with Gasteiger partial charge < -0.3 is 4.98 Å². The summed E-state index contributed by atoms with van der Waals surface area (Å²) in [6, 6.07) is 13.3. The summed E-state index contributed by atoms with van der Waals surface area (Å²) in [4.78, 5) is 21.5. The minimum absolute atomic E-state index is 0.221. The second kappa shape index (κ2) is 4.19. The molecule has 0 unspecified atom stereocenters. The lowest BCUT2D eigenvalue weighted by atomic mass is 10.1. The second-order valence-corrected chi connectivity index (χ2v) is 4.28. The van der Waals surface area contributed by atoms with E-state index in [1.807, 2.05) is 36.4 Å². The molecule has 0 spiro atoms. The standard InChI is InChI=1S/C13H9N3OS/c17-12-9-6-7-10(8-4-2-1-3-5-8)14-11(9)15-13(18)16-12/h1-7H,(H2,14,15,16,17,18). The number of fused-ring (bicyclic) bond motifs is 1. The molecular formula is C13H9N3OS. The Balaban J connectivity index is 2.29. The van der Waals surface area contributed by atoms with Crippen molar-refractivity contribution >= 4 is 23.3 Å². The third-order valence-corrected chi connectivity index (χ3v) is 2.87. The summed E-state index contributed by atoms with van der Waals surface area (Å²) in [5, 5.41) is 0.503. The zero-order chi connectivity index (χ0) is 12.5. The molecule has 2 aromatic heterocycles. The van der Waals surface area contributed by atoms with Crippen molar-refractivity contribution in [3.05, 3.63) is 57.6 Å². The first-order valence-corrected chi connectivity index (χ1v) is 5.84. The quantitative estimate of drug-likeness (QED) is 0.657. The molecular weight excluding hydrogens is 246 g/mol. The average molecular weight is 255 g/mol. The highest BCUT2D eigenvalue weighted by Gasteiger charge is 2.03. The van der Waals surface area contributed by atoms with Gasteiger partial charge in [-0.1, -0.05) is 30.3 Å². The van der Waals surface area contributed by atoms with Crippen LogP contribution in [-0.4, -0.2) is 15.0 Å². The molecule has 0 radical (unpaired) electrons. The Bertz CT molecular complexity index is 821. The zero-order valence-corrected chi connectivity index (χ0v) is 10.1. The fraction of sp³-hybridized carbons (Fsp3) is 0. The van der Waals surface area contributed by atoms with Crippen LogP contribution >= 0.6 is 12.2 Å². The fourth-order valence-electron chi connectivity index (χ4n) is 1.82. The lowest BCUT2D eigenvalue weighted by Crippen LogP contribution is -2.08. The van der Waals surface area contributed by atoms with Gasteiger partial charge in [0.15, 0.2) is 4.77 Å². The van der Waals surface area contributed by atoms with Crippen LogP contribution in [-0.2, 0) is 0 Å². The van der Waals surface area contributed by atoms with Crippen LogP contribution in [0.1, 0.15) is 0 Å². The molecule has 0 bridgehead atoms. The largest absolute Gasteiger partial charge is 0.316 e. The van der Waals surface area contributed by atoms with E-state index in [9.17, 15) is 4.79 Å². The normalized spacial score (nSPS) is 10.7. The number of hydrogen-bond acceptors (Lipinski definition) is 3. The molecule has 0 aliphatic heterocycles. The lowest BCUT2D eigenvalue weighted by molar-refractivity contribution is 1.11. The summed E-state index contributed by atoms with van der Waals surface area (Å²) in [6.45, 7) is 0. The molecule has 88 valence electrons. The van der Waals surface area contributed by atoms with Crippen molar-refractivity contribution < 1.29 is 0 Å². The summed E-state index contributed by atoms with van der Waals surface area (Å²) in [7, 11) is 0. The Morgan fingerprint density at radius 3 is 2.56 bits per heavy atom. The Morgan fingerprint density at radius 1 is 1.00 bits per heavy atom. The van der Waals surface area contributed by atoms with Crippen molar-refractivity contribution in [1.82, 2.24) is 15.0 Å². The van der Waals surface area contributed by atoms with Gasteiger partial charge in [-0.2, -0.15) is 0 Å². The van der Waals surface area contributed by atoms with Crippen LogP contribution in [0.25, 0.3) is 22.3 Å². The Kier molecular flexibility index (Phi) is 2.53. The molecule has 0 atom stereocenters. The number of aromatic amines is 2. The molecule has 3 aromatic rings. The van der Waals surface area contributed by atoms with Crippen LogP contribution in [0.5, 0.6) is 0 Å². The summed E-state index contributed by atoms with van der Waals surface area (Å²) >= 11 is 4.94. The first kappa shape index (κ1) is 10.9. The van der Waals surface area contributed by atoms with Crippen LogP contribution in [0.4, 0.5) is 0 Å². The van der Waals surface area contributed by atoms with E-state index in [0.717, 1.165) is 11.3 Å². The Morgan fingerprint density at radius 2 is 1.78 bits per heavy atom. The van der Waals surface area contributed by atoms with E-state index in [0.29, 0.717) is 11.0 Å². The third-order valence-electron chi connectivity index (χ3n) is 2.67. The number of nitrogens with zero attached hydrogens (tertiary/aromatic N) is 1. The number of pyridine rings is 1. The predicted octanol–water partition coefficient (Wildman–Crippen LogP) is 2.65. The van der Waals surface area contributed by atoms with E-state index in [4.69, 9.17) is 12.2 Å². The van der Waals surface area contributed by atoms with Gasteiger partial charge in [0.1, 0.15) is 5.65 Å². The van der Waals surface area contributed by atoms with Gasteiger partial charge in [-0.15, -0.1) is 0 Å². The highest BCUT2D eigenvalue weighted by Crippen LogP contribution is 2.17. The fourth-order valence-corrected chi connectivity index (χ4v) is 2.01. The summed E-state index contributed by atoms with van der Waals surface area (Å²) in [5.74, 6) is 0. The summed E-state index contributed by atoms with van der Waals surface area (Å²) in [6.07, 6.45) is 0. The lowest BCUT2D eigenvalue weighted by Gasteiger charge is -2.02. The topological polar surface area (TPSA) is 61.5 Å². The van der Waals surface area contributed by atoms with Crippen molar-refractivity contribution in [2.45, 2.75) is 0 Å². The van der Waals surface area contributed by atoms with Crippen molar-refractivity contribution in [1.29, 1.82) is 0 Å². The highest BCUT2D eigenvalue weighted by atomic mass is 32.1. The van der Waals surface area contributed by atoms with E-state index in [1.165, 1.54) is 0 Å². The number of aromatic nitrogens is 3. The van der Waals surface area contributed by atoms with Crippen molar-refractivity contribution in [3.8, 4) is 11.3 Å². The molecule has 2 heterocycles. The molecule has 1 aromatic carbocycles. The van der Waals surface area contributed by atoms with E-state index >= 15 is 0 Å². The highest BCUT2D eigenvalue weighted by molar-refractivity contribution is 7.71. The van der Waals surface area contributed by atoms with Gasteiger partial charge >= 0.3 is 0 Å². The van der Waals surface area contributed by atoms with Crippen LogP contribution in [0.2, 0.25) is 0 Å². The molecule has 18 heavy (non-hydrogen) atoms. The van der Waals surface area contributed by atoms with Crippen molar-refractivity contribution in [2.24, 2.45) is 0 Å². The predicted molar refractivity (Wildman–Crippen MR) is 73.0 cm³/mol. The number of rotatable bonds is 1. The van der Waals surface area contributed by atoms with Gasteiger partial charge in [-0.25, -0.2) is 4.98 Å². The maximum absolute atomic E-state index is 11.7. The summed E-state index contributed by atoms with van der Waals surface area (Å²) in [5.41, 5.74) is 2.09. The number of benzene rings is 1. The molecule has 4 nitrogen and oxygen atoms in total. The molecule has 3 rings (SSSR count).